The molecule has 0 fully saturated rings. The van der Waals surface area contributed by atoms with E-state index >= 15 is 0 Å². The van der Waals surface area contributed by atoms with Gasteiger partial charge < -0.3 is 15.2 Å². The Labute approximate surface area is 102 Å². The summed E-state index contributed by atoms with van der Waals surface area (Å²) in [4.78, 5) is 0. The van der Waals surface area contributed by atoms with Crippen molar-refractivity contribution in [3.8, 4) is 5.75 Å². The molecule has 2 unspecified atom stereocenters. The first kappa shape index (κ1) is 13.9. The molecule has 2 N–H and O–H groups in total. The Morgan fingerprint density at radius 3 is 2.65 bits per heavy atom. The van der Waals surface area contributed by atoms with Gasteiger partial charge in [0.2, 0.25) is 0 Å². The number of nitrogens with one attached hydrogen (secondary N) is 1. The summed E-state index contributed by atoms with van der Waals surface area (Å²) in [6.45, 7) is 4.16. The quantitative estimate of drug-likeness (QED) is 0.801. The van der Waals surface area contributed by atoms with Crippen molar-refractivity contribution in [3.05, 3.63) is 29.6 Å². The Morgan fingerprint density at radius 2 is 2.12 bits per heavy atom. The predicted molar refractivity (Wildman–Crippen MR) is 65.6 cm³/mol. The molecule has 4 heteroatoms. The molecule has 1 aromatic carbocycles. The largest absolute Gasteiger partial charge is 0.497 e. The number of ether oxygens (including phenoxy) is 1. The summed E-state index contributed by atoms with van der Waals surface area (Å²) in [7, 11) is 1.51. The van der Waals surface area contributed by atoms with Crippen LogP contribution in [-0.4, -0.2) is 24.4 Å². The summed E-state index contributed by atoms with van der Waals surface area (Å²) in [5.74, 6) is 0.240. The predicted octanol–water partition coefficient (Wildman–Crippen LogP) is 2.08. The van der Waals surface area contributed by atoms with Crippen LogP contribution in [0.2, 0.25) is 0 Å². The lowest BCUT2D eigenvalue weighted by Crippen LogP contribution is -2.29. The van der Waals surface area contributed by atoms with Crippen molar-refractivity contribution in [2.45, 2.75) is 39.0 Å². The van der Waals surface area contributed by atoms with Gasteiger partial charge in [0.15, 0.2) is 0 Å². The van der Waals surface area contributed by atoms with Crippen LogP contribution in [0.4, 0.5) is 4.39 Å². The number of aliphatic hydroxyl groups is 1. The summed E-state index contributed by atoms with van der Waals surface area (Å²) in [6.07, 6.45) is 0.302. The number of rotatable bonds is 6. The molecule has 0 aromatic heterocycles. The van der Waals surface area contributed by atoms with Crippen molar-refractivity contribution >= 4 is 0 Å². The molecule has 0 aliphatic rings. The maximum absolute atomic E-state index is 13.6. The van der Waals surface area contributed by atoms with E-state index in [9.17, 15) is 9.50 Å². The zero-order valence-electron chi connectivity index (χ0n) is 10.5. The van der Waals surface area contributed by atoms with Crippen LogP contribution in [0.15, 0.2) is 18.2 Å². The summed E-state index contributed by atoms with van der Waals surface area (Å²) >= 11 is 0. The number of hydrogen-bond acceptors (Lipinski definition) is 3. The number of methoxy groups -OCH3 is 1. The molecular weight excluding hydrogens is 221 g/mol. The fourth-order valence-electron chi connectivity index (χ4n) is 1.68. The van der Waals surface area contributed by atoms with Gasteiger partial charge in [-0.05, 0) is 26.3 Å². The first-order valence-electron chi connectivity index (χ1n) is 5.76. The van der Waals surface area contributed by atoms with E-state index in [0.717, 1.165) is 0 Å². The van der Waals surface area contributed by atoms with Crippen molar-refractivity contribution in [1.29, 1.82) is 0 Å². The lowest BCUT2D eigenvalue weighted by molar-refractivity contribution is 0.170. The number of aliphatic hydroxyl groups excluding tert-OH is 1. The molecular formula is C13H20FNO2. The van der Waals surface area contributed by atoms with Gasteiger partial charge >= 0.3 is 0 Å². The molecule has 1 aromatic rings. The molecule has 17 heavy (non-hydrogen) atoms. The van der Waals surface area contributed by atoms with Crippen LogP contribution in [0.25, 0.3) is 0 Å². The van der Waals surface area contributed by atoms with Crippen LogP contribution in [0, 0.1) is 5.82 Å². The molecule has 0 saturated carbocycles. The van der Waals surface area contributed by atoms with Crippen LogP contribution in [0.1, 0.15) is 25.8 Å². The lowest BCUT2D eigenvalue weighted by Gasteiger charge is -2.15. The van der Waals surface area contributed by atoms with E-state index in [1.807, 2.05) is 6.92 Å². The van der Waals surface area contributed by atoms with Gasteiger partial charge in [0, 0.05) is 24.2 Å². The van der Waals surface area contributed by atoms with Crippen LogP contribution in [0.5, 0.6) is 5.75 Å². The van der Waals surface area contributed by atoms with E-state index in [0.29, 0.717) is 24.3 Å². The van der Waals surface area contributed by atoms with Crippen LogP contribution in [-0.2, 0) is 6.54 Å². The van der Waals surface area contributed by atoms with Crippen molar-refractivity contribution in [3.63, 3.8) is 0 Å². The van der Waals surface area contributed by atoms with Crippen molar-refractivity contribution in [1.82, 2.24) is 5.32 Å². The molecule has 0 bridgehead atoms. The van der Waals surface area contributed by atoms with E-state index in [1.54, 1.807) is 19.1 Å². The molecule has 3 nitrogen and oxygen atoms in total. The number of halogens is 1. The first-order valence-corrected chi connectivity index (χ1v) is 5.76. The second-order valence-corrected chi connectivity index (χ2v) is 4.32. The minimum atomic E-state index is -0.349. The molecule has 0 saturated heterocycles. The maximum atomic E-state index is 13.6. The Kier molecular flexibility index (Phi) is 5.38. The van der Waals surface area contributed by atoms with Crippen molar-refractivity contribution in [2.24, 2.45) is 0 Å². The highest BCUT2D eigenvalue weighted by molar-refractivity contribution is 5.28. The Bertz CT molecular complexity index is 355. The molecule has 2 atom stereocenters. The number of benzene rings is 1. The highest BCUT2D eigenvalue weighted by Crippen LogP contribution is 2.16. The monoisotopic (exact) mass is 241 g/mol. The van der Waals surface area contributed by atoms with Crippen LogP contribution < -0.4 is 10.1 Å². The minimum Gasteiger partial charge on any atom is -0.497 e. The van der Waals surface area contributed by atoms with Crippen molar-refractivity contribution < 1.29 is 14.2 Å². The molecule has 0 aliphatic carbocycles. The van der Waals surface area contributed by atoms with E-state index in [-0.39, 0.29) is 18.0 Å². The van der Waals surface area contributed by atoms with Gasteiger partial charge in [0.1, 0.15) is 11.6 Å². The topological polar surface area (TPSA) is 41.5 Å². The molecule has 0 aliphatic heterocycles. The van der Waals surface area contributed by atoms with E-state index < -0.39 is 0 Å². The Morgan fingerprint density at radius 1 is 1.41 bits per heavy atom. The normalized spacial score (nSPS) is 14.4. The second-order valence-electron chi connectivity index (χ2n) is 4.32. The summed E-state index contributed by atoms with van der Waals surface area (Å²) < 4.78 is 18.5. The van der Waals surface area contributed by atoms with Crippen molar-refractivity contribution in [2.75, 3.05) is 7.11 Å². The van der Waals surface area contributed by atoms with Gasteiger partial charge in [-0.2, -0.15) is 0 Å². The maximum Gasteiger partial charge on any atom is 0.131 e. The second kappa shape index (κ2) is 6.57. The Balaban J connectivity index is 2.51. The van der Waals surface area contributed by atoms with E-state index in [2.05, 4.69) is 5.32 Å². The third kappa shape index (κ3) is 4.71. The molecule has 0 amide bonds. The van der Waals surface area contributed by atoms with Gasteiger partial charge in [0.05, 0.1) is 13.2 Å². The third-order valence-electron chi connectivity index (χ3n) is 2.60. The summed E-state index contributed by atoms with van der Waals surface area (Å²) in [5, 5.41) is 12.4. The van der Waals surface area contributed by atoms with Gasteiger partial charge in [-0.3, -0.25) is 0 Å². The zero-order valence-corrected chi connectivity index (χ0v) is 10.5. The first-order chi connectivity index (χ1) is 8.02. The fraction of sp³-hybridized carbons (Fsp3) is 0.538. The van der Waals surface area contributed by atoms with Gasteiger partial charge in [0.25, 0.3) is 0 Å². The average molecular weight is 241 g/mol. The molecule has 0 spiro atoms. The van der Waals surface area contributed by atoms with E-state index in [1.165, 1.54) is 13.2 Å². The SMILES string of the molecule is COc1ccc(CNC(C)CC(C)O)c(F)c1. The third-order valence-corrected chi connectivity index (χ3v) is 2.60. The molecule has 1 rings (SSSR count). The number of hydrogen-bond donors (Lipinski definition) is 2. The standard InChI is InChI=1S/C13H20FNO2/c1-9(6-10(2)16)15-8-11-4-5-12(17-3)7-13(11)14/h4-5,7,9-10,15-16H,6,8H2,1-3H3. The summed E-state index contributed by atoms with van der Waals surface area (Å²) in [6, 6.07) is 4.96. The molecule has 96 valence electrons. The highest BCUT2D eigenvalue weighted by atomic mass is 19.1. The van der Waals surface area contributed by atoms with E-state index in [4.69, 9.17) is 4.74 Å². The van der Waals surface area contributed by atoms with Gasteiger partial charge in [-0.1, -0.05) is 6.07 Å². The van der Waals surface area contributed by atoms with Gasteiger partial charge in [-0.15, -0.1) is 0 Å². The smallest absolute Gasteiger partial charge is 0.131 e. The molecule has 0 heterocycles. The zero-order chi connectivity index (χ0) is 12.8. The average Bonchev–Trinajstić information content (AvgIpc) is 2.26. The Hall–Kier alpha value is -1.13. The minimum absolute atomic E-state index is 0.150. The van der Waals surface area contributed by atoms with Gasteiger partial charge in [-0.25, -0.2) is 4.39 Å². The lowest BCUT2D eigenvalue weighted by atomic mass is 10.1. The fourth-order valence-corrected chi connectivity index (χ4v) is 1.68. The highest BCUT2D eigenvalue weighted by Gasteiger charge is 2.08. The molecule has 0 radical (unpaired) electrons. The van der Waals surface area contributed by atoms with Crippen LogP contribution in [0.3, 0.4) is 0 Å². The van der Waals surface area contributed by atoms with Crippen LogP contribution >= 0.6 is 0 Å². The summed E-state index contributed by atoms with van der Waals surface area (Å²) in [5.41, 5.74) is 0.600.